The van der Waals surface area contributed by atoms with Gasteiger partial charge in [-0.15, -0.1) is 11.3 Å². The van der Waals surface area contributed by atoms with Crippen molar-refractivity contribution in [2.45, 2.75) is 6.42 Å². The Kier molecular flexibility index (Phi) is 2.90. The summed E-state index contributed by atoms with van der Waals surface area (Å²) in [6.07, 6.45) is 0.971. The molecule has 0 spiro atoms. The van der Waals surface area contributed by atoms with Crippen molar-refractivity contribution < 1.29 is 4.42 Å². The van der Waals surface area contributed by atoms with Crippen molar-refractivity contribution in [3.8, 4) is 0 Å². The molecule has 0 aliphatic carbocycles. The van der Waals surface area contributed by atoms with Crippen molar-refractivity contribution in [3.63, 3.8) is 0 Å². The van der Waals surface area contributed by atoms with E-state index in [2.05, 4.69) is 27.8 Å². The van der Waals surface area contributed by atoms with Crippen molar-refractivity contribution >= 4 is 34.1 Å². The third-order valence-electron chi connectivity index (χ3n) is 2.64. The number of nitrogens with one attached hydrogen (secondary N) is 1. The zero-order chi connectivity index (χ0) is 12.4. The minimum Gasteiger partial charge on any atom is -0.423 e. The van der Waals surface area contributed by atoms with E-state index >= 15 is 0 Å². The van der Waals surface area contributed by atoms with Crippen LogP contribution in [0, 0.1) is 0 Å². The Bertz CT molecular complexity index is 645. The van der Waals surface area contributed by atoms with Crippen LogP contribution in [-0.4, -0.2) is 11.5 Å². The highest BCUT2D eigenvalue weighted by Crippen LogP contribution is 2.21. The second kappa shape index (κ2) is 4.70. The van der Waals surface area contributed by atoms with Crippen LogP contribution in [0.1, 0.15) is 4.88 Å². The molecule has 0 bridgehead atoms. The van der Waals surface area contributed by atoms with Gasteiger partial charge in [0.2, 0.25) is 0 Å². The summed E-state index contributed by atoms with van der Waals surface area (Å²) in [6.45, 7) is 0.808. The second-order valence-corrected chi connectivity index (χ2v) is 5.03. The highest BCUT2D eigenvalue weighted by atomic mass is 32.1. The number of hydrogen-bond acceptors (Lipinski definition) is 5. The number of thiophene rings is 1. The van der Waals surface area contributed by atoms with Crippen molar-refractivity contribution in [3.05, 3.63) is 40.6 Å². The molecule has 0 unspecified atom stereocenters. The molecule has 0 saturated heterocycles. The van der Waals surface area contributed by atoms with Crippen molar-refractivity contribution in [1.29, 1.82) is 0 Å². The molecule has 2 aromatic heterocycles. The fraction of sp³-hybridized carbons (Fsp3) is 0.154. The van der Waals surface area contributed by atoms with Gasteiger partial charge >= 0.3 is 0 Å². The summed E-state index contributed by atoms with van der Waals surface area (Å²) >= 11 is 1.76. The minimum atomic E-state index is 0.548. The highest BCUT2D eigenvalue weighted by Gasteiger charge is 2.05. The van der Waals surface area contributed by atoms with E-state index in [1.807, 2.05) is 12.1 Å². The molecule has 4 nitrogen and oxygen atoms in total. The van der Waals surface area contributed by atoms with E-state index in [1.165, 1.54) is 4.88 Å². The number of fused-ring (bicyclic) bond motifs is 1. The van der Waals surface area contributed by atoms with Crippen LogP contribution >= 0.6 is 11.3 Å². The molecule has 0 atom stereocenters. The van der Waals surface area contributed by atoms with E-state index in [4.69, 9.17) is 10.2 Å². The first kappa shape index (κ1) is 11.1. The van der Waals surface area contributed by atoms with Gasteiger partial charge in [-0.1, -0.05) is 6.07 Å². The molecule has 0 saturated carbocycles. The summed E-state index contributed by atoms with van der Waals surface area (Å²) in [6, 6.07) is 10.2. The number of aromatic nitrogens is 1. The molecule has 92 valence electrons. The van der Waals surface area contributed by atoms with E-state index in [0.717, 1.165) is 18.5 Å². The Hall–Kier alpha value is -2.01. The maximum absolute atomic E-state index is 5.69. The average Bonchev–Trinajstić information content (AvgIpc) is 2.97. The fourth-order valence-corrected chi connectivity index (χ4v) is 2.47. The molecule has 3 aromatic rings. The maximum atomic E-state index is 5.69. The number of rotatable bonds is 4. The number of hydrogen-bond donors (Lipinski definition) is 2. The van der Waals surface area contributed by atoms with Gasteiger partial charge in [-0.05, 0) is 30.0 Å². The molecule has 0 radical (unpaired) electrons. The first-order valence-electron chi connectivity index (χ1n) is 5.73. The van der Waals surface area contributed by atoms with Gasteiger partial charge in [0.15, 0.2) is 5.58 Å². The van der Waals surface area contributed by atoms with Crippen LogP contribution in [0.25, 0.3) is 11.1 Å². The predicted molar refractivity (Wildman–Crippen MR) is 74.9 cm³/mol. The molecule has 3 rings (SSSR count). The SMILES string of the molecule is Nc1ccc2nc(NCCc3cccs3)oc2c1. The third-order valence-corrected chi connectivity index (χ3v) is 3.58. The van der Waals surface area contributed by atoms with Crippen LogP contribution in [0.4, 0.5) is 11.7 Å². The molecule has 3 N–H and O–H groups in total. The Morgan fingerprint density at radius 2 is 2.28 bits per heavy atom. The van der Waals surface area contributed by atoms with Crippen LogP contribution in [0.2, 0.25) is 0 Å². The Morgan fingerprint density at radius 3 is 3.11 bits per heavy atom. The summed E-state index contributed by atoms with van der Waals surface area (Å²) in [5.41, 5.74) is 7.91. The molecule has 0 amide bonds. The molecule has 18 heavy (non-hydrogen) atoms. The lowest BCUT2D eigenvalue weighted by atomic mass is 10.3. The number of benzene rings is 1. The molecular formula is C13H13N3OS. The summed E-state index contributed by atoms with van der Waals surface area (Å²) in [5.74, 6) is 0. The smallest absolute Gasteiger partial charge is 0.295 e. The number of anilines is 2. The van der Waals surface area contributed by atoms with Crippen molar-refractivity contribution in [1.82, 2.24) is 4.98 Å². The van der Waals surface area contributed by atoms with Gasteiger partial charge in [0.05, 0.1) is 0 Å². The van der Waals surface area contributed by atoms with E-state index in [0.29, 0.717) is 17.3 Å². The average molecular weight is 259 g/mol. The number of oxazole rings is 1. The zero-order valence-electron chi connectivity index (χ0n) is 9.72. The van der Waals surface area contributed by atoms with Gasteiger partial charge in [-0.3, -0.25) is 0 Å². The molecule has 0 aliphatic rings. The molecule has 0 fully saturated rings. The van der Waals surface area contributed by atoms with E-state index in [9.17, 15) is 0 Å². The summed E-state index contributed by atoms with van der Waals surface area (Å²) in [4.78, 5) is 5.69. The molecule has 1 aromatic carbocycles. The largest absolute Gasteiger partial charge is 0.423 e. The minimum absolute atomic E-state index is 0.548. The van der Waals surface area contributed by atoms with Gasteiger partial charge < -0.3 is 15.5 Å². The standard InChI is InChI=1S/C13H13N3OS/c14-9-3-4-11-12(8-9)17-13(16-11)15-6-5-10-2-1-7-18-10/h1-4,7-8H,5-6,14H2,(H,15,16). The Morgan fingerprint density at radius 1 is 1.33 bits per heavy atom. The van der Waals surface area contributed by atoms with Crippen LogP contribution in [0.15, 0.2) is 40.1 Å². The van der Waals surface area contributed by atoms with Crippen molar-refractivity contribution in [2.75, 3.05) is 17.6 Å². The summed E-state index contributed by atoms with van der Waals surface area (Å²) in [5, 5.41) is 5.26. The van der Waals surface area contributed by atoms with Crippen LogP contribution < -0.4 is 11.1 Å². The quantitative estimate of drug-likeness (QED) is 0.706. The molecule has 5 heteroatoms. The first-order valence-corrected chi connectivity index (χ1v) is 6.61. The second-order valence-electron chi connectivity index (χ2n) is 4.00. The van der Waals surface area contributed by atoms with E-state index in [-0.39, 0.29) is 0 Å². The normalized spacial score (nSPS) is 10.9. The number of nitrogens with two attached hydrogens (primary N) is 1. The van der Waals surface area contributed by atoms with Gasteiger partial charge in [-0.25, -0.2) is 0 Å². The van der Waals surface area contributed by atoms with Gasteiger partial charge in [0, 0.05) is 23.2 Å². The molecule has 2 heterocycles. The first-order chi connectivity index (χ1) is 8.81. The predicted octanol–water partition coefficient (Wildman–Crippen LogP) is 3.13. The summed E-state index contributed by atoms with van der Waals surface area (Å²) < 4.78 is 5.57. The number of nitrogens with zero attached hydrogens (tertiary/aromatic N) is 1. The van der Waals surface area contributed by atoms with E-state index < -0.39 is 0 Å². The monoisotopic (exact) mass is 259 g/mol. The lowest BCUT2D eigenvalue weighted by Gasteiger charge is -1.98. The lowest BCUT2D eigenvalue weighted by Crippen LogP contribution is -2.03. The number of nitrogen functional groups attached to an aromatic ring is 1. The van der Waals surface area contributed by atoms with Gasteiger partial charge in [-0.2, -0.15) is 4.98 Å². The van der Waals surface area contributed by atoms with Crippen LogP contribution in [-0.2, 0) is 6.42 Å². The van der Waals surface area contributed by atoms with Crippen LogP contribution in [0.3, 0.4) is 0 Å². The zero-order valence-corrected chi connectivity index (χ0v) is 10.5. The van der Waals surface area contributed by atoms with Crippen LogP contribution in [0.5, 0.6) is 0 Å². The summed E-state index contributed by atoms with van der Waals surface area (Å²) in [7, 11) is 0. The Labute approximate surface area is 108 Å². The molecule has 0 aliphatic heterocycles. The lowest BCUT2D eigenvalue weighted by molar-refractivity contribution is 0.615. The topological polar surface area (TPSA) is 64.1 Å². The van der Waals surface area contributed by atoms with E-state index in [1.54, 1.807) is 17.4 Å². The molecular weight excluding hydrogens is 246 g/mol. The van der Waals surface area contributed by atoms with Gasteiger partial charge in [0.1, 0.15) is 5.52 Å². The maximum Gasteiger partial charge on any atom is 0.295 e. The highest BCUT2D eigenvalue weighted by molar-refractivity contribution is 7.09. The van der Waals surface area contributed by atoms with Gasteiger partial charge in [0.25, 0.3) is 6.01 Å². The van der Waals surface area contributed by atoms with Crippen molar-refractivity contribution in [2.24, 2.45) is 0 Å². The Balaban J connectivity index is 1.67. The third kappa shape index (κ3) is 2.31. The fourth-order valence-electron chi connectivity index (χ4n) is 1.76.